The molecule has 2 nitrogen and oxygen atoms in total. The van der Waals surface area contributed by atoms with Crippen LogP contribution in [0.1, 0.15) is 39.5 Å². The number of rotatable bonds is 6. The van der Waals surface area contributed by atoms with Gasteiger partial charge < -0.3 is 5.73 Å². The molecule has 0 rings (SSSR count). The van der Waals surface area contributed by atoms with E-state index in [9.17, 15) is 18.0 Å². The zero-order valence-electron chi connectivity index (χ0n) is 9.10. The summed E-state index contributed by atoms with van der Waals surface area (Å²) in [6.07, 6.45) is -4.57. The monoisotopic (exact) mass is 225 g/mol. The number of ketones is 1. The molecule has 0 fully saturated rings. The lowest BCUT2D eigenvalue weighted by Gasteiger charge is -2.16. The molecule has 0 heterocycles. The molecule has 0 spiro atoms. The first-order valence-corrected chi connectivity index (χ1v) is 5.13. The van der Waals surface area contributed by atoms with Crippen molar-refractivity contribution in [3.05, 3.63) is 0 Å². The highest BCUT2D eigenvalue weighted by molar-refractivity contribution is 5.83. The zero-order chi connectivity index (χ0) is 12.1. The number of carbonyl (C=O) groups excluding carboxylic acids is 1. The molecule has 2 N–H and O–H groups in total. The van der Waals surface area contributed by atoms with E-state index < -0.39 is 18.6 Å². The Morgan fingerprint density at radius 2 is 1.93 bits per heavy atom. The highest BCUT2D eigenvalue weighted by Crippen LogP contribution is 2.22. The summed E-state index contributed by atoms with van der Waals surface area (Å²) in [5.41, 5.74) is 5.59. The Labute approximate surface area is 88.0 Å². The second-order valence-corrected chi connectivity index (χ2v) is 3.85. The van der Waals surface area contributed by atoms with Gasteiger partial charge in [-0.3, -0.25) is 4.79 Å². The van der Waals surface area contributed by atoms with Gasteiger partial charge in [-0.05, 0) is 12.3 Å². The fraction of sp³-hybridized carbons (Fsp3) is 0.900. The van der Waals surface area contributed by atoms with Crippen LogP contribution in [0.4, 0.5) is 13.2 Å². The number of hydrogen-bond donors (Lipinski definition) is 1. The molecule has 0 saturated carbocycles. The largest absolute Gasteiger partial charge is 0.389 e. The zero-order valence-corrected chi connectivity index (χ0v) is 9.10. The molecular weight excluding hydrogens is 207 g/mol. The summed E-state index contributed by atoms with van der Waals surface area (Å²) in [6.45, 7) is 3.72. The fourth-order valence-corrected chi connectivity index (χ4v) is 1.20. The Morgan fingerprint density at radius 1 is 1.40 bits per heavy atom. The summed E-state index contributed by atoms with van der Waals surface area (Å²) in [4.78, 5) is 11.3. The third-order valence-corrected chi connectivity index (χ3v) is 2.51. The molecule has 0 aromatic heterocycles. The SMILES string of the molecule is CCC(C)C(N)C(=O)CCCC(F)(F)F. The molecule has 2 atom stereocenters. The number of alkyl halides is 3. The third kappa shape index (κ3) is 6.49. The van der Waals surface area contributed by atoms with E-state index in [0.717, 1.165) is 6.42 Å². The van der Waals surface area contributed by atoms with E-state index in [2.05, 4.69) is 0 Å². The molecule has 0 amide bonds. The van der Waals surface area contributed by atoms with Crippen molar-refractivity contribution in [3.63, 3.8) is 0 Å². The average Bonchev–Trinajstić information content (AvgIpc) is 2.13. The third-order valence-electron chi connectivity index (χ3n) is 2.51. The molecule has 0 saturated heterocycles. The highest BCUT2D eigenvalue weighted by Gasteiger charge is 2.27. The second kappa shape index (κ2) is 6.10. The summed E-state index contributed by atoms with van der Waals surface area (Å²) < 4.78 is 35.4. The molecule has 0 aliphatic rings. The standard InChI is InChI=1S/C10H18F3NO/c1-3-7(2)9(14)8(15)5-4-6-10(11,12)13/h7,9H,3-6,14H2,1-2H3. The predicted octanol–water partition coefficient (Wildman–Crippen LogP) is 2.66. The molecule has 90 valence electrons. The lowest BCUT2D eigenvalue weighted by molar-refractivity contribution is -0.137. The molecule has 0 aromatic rings. The van der Waals surface area contributed by atoms with E-state index in [1.165, 1.54) is 0 Å². The minimum Gasteiger partial charge on any atom is -0.321 e. The smallest absolute Gasteiger partial charge is 0.321 e. The molecule has 0 aliphatic carbocycles. The van der Waals surface area contributed by atoms with Gasteiger partial charge >= 0.3 is 6.18 Å². The minimum atomic E-state index is -4.18. The van der Waals surface area contributed by atoms with Gasteiger partial charge in [-0.25, -0.2) is 0 Å². The van der Waals surface area contributed by atoms with Crippen molar-refractivity contribution >= 4 is 5.78 Å². The molecule has 0 aliphatic heterocycles. The van der Waals surface area contributed by atoms with E-state index in [1.807, 2.05) is 13.8 Å². The topological polar surface area (TPSA) is 43.1 Å². The van der Waals surface area contributed by atoms with Gasteiger partial charge in [-0.1, -0.05) is 20.3 Å². The fourth-order valence-electron chi connectivity index (χ4n) is 1.20. The van der Waals surface area contributed by atoms with Crippen molar-refractivity contribution in [2.75, 3.05) is 0 Å². The van der Waals surface area contributed by atoms with Gasteiger partial charge in [0.1, 0.15) is 5.78 Å². The van der Waals surface area contributed by atoms with Crippen molar-refractivity contribution < 1.29 is 18.0 Å². The van der Waals surface area contributed by atoms with Crippen LogP contribution in [0.5, 0.6) is 0 Å². The summed E-state index contributed by atoms with van der Waals surface area (Å²) in [5, 5.41) is 0. The molecule has 15 heavy (non-hydrogen) atoms. The summed E-state index contributed by atoms with van der Waals surface area (Å²) in [7, 11) is 0. The van der Waals surface area contributed by atoms with Crippen molar-refractivity contribution in [1.82, 2.24) is 0 Å². The van der Waals surface area contributed by atoms with Crippen molar-refractivity contribution in [1.29, 1.82) is 0 Å². The van der Waals surface area contributed by atoms with Crippen LogP contribution in [-0.2, 0) is 4.79 Å². The molecule has 2 unspecified atom stereocenters. The van der Waals surface area contributed by atoms with Crippen LogP contribution in [0.15, 0.2) is 0 Å². The number of carbonyl (C=O) groups is 1. The number of Topliss-reactive ketones (excluding diaryl/α,β-unsaturated/α-hetero) is 1. The quantitative estimate of drug-likeness (QED) is 0.755. The molecule has 0 aromatic carbocycles. The average molecular weight is 225 g/mol. The van der Waals surface area contributed by atoms with Gasteiger partial charge in [-0.15, -0.1) is 0 Å². The van der Waals surface area contributed by atoms with Gasteiger partial charge in [0, 0.05) is 12.8 Å². The van der Waals surface area contributed by atoms with Crippen LogP contribution in [0.2, 0.25) is 0 Å². The Morgan fingerprint density at radius 3 is 2.33 bits per heavy atom. The van der Waals surface area contributed by atoms with Crippen molar-refractivity contribution in [2.45, 2.75) is 51.7 Å². The van der Waals surface area contributed by atoms with Gasteiger partial charge in [0.2, 0.25) is 0 Å². The van der Waals surface area contributed by atoms with E-state index in [-0.39, 0.29) is 24.5 Å². The first-order chi connectivity index (χ1) is 6.78. The van der Waals surface area contributed by atoms with Crippen LogP contribution < -0.4 is 5.73 Å². The normalized spacial score (nSPS) is 16.1. The maximum atomic E-state index is 11.8. The first kappa shape index (κ1) is 14.4. The van der Waals surface area contributed by atoms with Gasteiger partial charge in [-0.2, -0.15) is 13.2 Å². The van der Waals surface area contributed by atoms with E-state index in [0.29, 0.717) is 0 Å². The van der Waals surface area contributed by atoms with E-state index in [1.54, 1.807) is 0 Å². The number of halogens is 3. The molecule has 5 heteroatoms. The Balaban J connectivity index is 3.84. The summed E-state index contributed by atoms with van der Waals surface area (Å²) >= 11 is 0. The first-order valence-electron chi connectivity index (χ1n) is 5.13. The summed E-state index contributed by atoms with van der Waals surface area (Å²) in [6, 6.07) is -0.622. The maximum absolute atomic E-state index is 11.8. The second-order valence-electron chi connectivity index (χ2n) is 3.85. The van der Waals surface area contributed by atoms with Gasteiger partial charge in [0.25, 0.3) is 0 Å². The van der Waals surface area contributed by atoms with Crippen molar-refractivity contribution in [2.24, 2.45) is 11.7 Å². The van der Waals surface area contributed by atoms with Crippen LogP contribution in [0.3, 0.4) is 0 Å². The van der Waals surface area contributed by atoms with Crippen LogP contribution in [0, 0.1) is 5.92 Å². The van der Waals surface area contributed by atoms with Crippen LogP contribution >= 0.6 is 0 Å². The molecule has 0 bridgehead atoms. The van der Waals surface area contributed by atoms with Crippen LogP contribution in [0.25, 0.3) is 0 Å². The van der Waals surface area contributed by atoms with Gasteiger partial charge in [0.15, 0.2) is 0 Å². The molecule has 0 radical (unpaired) electrons. The Bertz CT molecular complexity index is 203. The van der Waals surface area contributed by atoms with Crippen molar-refractivity contribution in [3.8, 4) is 0 Å². The Hall–Kier alpha value is -0.580. The van der Waals surface area contributed by atoms with Gasteiger partial charge in [0.05, 0.1) is 6.04 Å². The Kier molecular flexibility index (Phi) is 5.87. The number of nitrogens with two attached hydrogens (primary N) is 1. The summed E-state index contributed by atoms with van der Waals surface area (Å²) in [5.74, 6) is -0.239. The van der Waals surface area contributed by atoms with Crippen LogP contribution in [-0.4, -0.2) is 18.0 Å². The highest BCUT2D eigenvalue weighted by atomic mass is 19.4. The minimum absolute atomic E-state index is 0.0309. The van der Waals surface area contributed by atoms with E-state index in [4.69, 9.17) is 5.73 Å². The lowest BCUT2D eigenvalue weighted by Crippen LogP contribution is -2.36. The van der Waals surface area contributed by atoms with E-state index >= 15 is 0 Å². The lowest BCUT2D eigenvalue weighted by atomic mass is 9.94. The predicted molar refractivity (Wildman–Crippen MR) is 52.3 cm³/mol. The maximum Gasteiger partial charge on any atom is 0.389 e. The molecular formula is C10H18F3NO. The number of hydrogen-bond acceptors (Lipinski definition) is 2.